The summed E-state index contributed by atoms with van der Waals surface area (Å²) in [6.07, 6.45) is 0. The number of nitrogen functional groups attached to an aromatic ring is 1. The molecule has 0 unspecified atom stereocenters. The molecular formula is C13H11NO3. The van der Waals surface area contributed by atoms with Crippen molar-refractivity contribution in [2.24, 2.45) is 0 Å². The molecule has 0 aliphatic heterocycles. The zero-order valence-electron chi connectivity index (χ0n) is 8.92. The molecule has 0 saturated carbocycles. The highest BCUT2D eigenvalue weighted by Gasteiger charge is 2.07. The molecule has 4 N–H and O–H groups in total. The van der Waals surface area contributed by atoms with Gasteiger partial charge >= 0.3 is 5.97 Å². The Bertz CT molecular complexity index is 561. The Hall–Kier alpha value is -2.49. The molecule has 2 rings (SSSR count). The first kappa shape index (κ1) is 11.0. The van der Waals surface area contributed by atoms with E-state index in [4.69, 9.17) is 10.8 Å². The number of carbonyl (C=O) groups is 1. The van der Waals surface area contributed by atoms with Crippen molar-refractivity contribution in [1.82, 2.24) is 0 Å². The molecule has 0 aliphatic rings. The molecule has 86 valence electrons. The van der Waals surface area contributed by atoms with E-state index in [1.807, 2.05) is 0 Å². The SMILES string of the molecule is Nc1cc(C(=O)O)cc(-c2ccc(O)cc2)c1. The van der Waals surface area contributed by atoms with Crippen molar-refractivity contribution in [1.29, 1.82) is 0 Å². The molecule has 17 heavy (non-hydrogen) atoms. The van der Waals surface area contributed by atoms with Gasteiger partial charge in [-0.3, -0.25) is 0 Å². The average molecular weight is 229 g/mol. The van der Waals surface area contributed by atoms with Gasteiger partial charge in [-0.2, -0.15) is 0 Å². The monoisotopic (exact) mass is 229 g/mol. The lowest BCUT2D eigenvalue weighted by Gasteiger charge is -2.05. The van der Waals surface area contributed by atoms with Gasteiger partial charge in [-0.25, -0.2) is 4.79 Å². The van der Waals surface area contributed by atoms with Gasteiger partial charge in [0.25, 0.3) is 0 Å². The second kappa shape index (κ2) is 4.17. The lowest BCUT2D eigenvalue weighted by Crippen LogP contribution is -1.98. The van der Waals surface area contributed by atoms with Crippen LogP contribution in [0.3, 0.4) is 0 Å². The zero-order chi connectivity index (χ0) is 12.4. The number of benzene rings is 2. The van der Waals surface area contributed by atoms with Gasteiger partial charge in [-0.05, 0) is 41.5 Å². The van der Waals surface area contributed by atoms with Gasteiger partial charge < -0.3 is 15.9 Å². The standard InChI is InChI=1S/C13H11NO3/c14-11-6-9(5-10(7-11)13(16)17)8-1-3-12(15)4-2-8/h1-7,15H,14H2,(H,16,17). The summed E-state index contributed by atoms with van der Waals surface area (Å²) in [5.41, 5.74) is 7.71. The van der Waals surface area contributed by atoms with Crippen LogP contribution in [0.4, 0.5) is 5.69 Å². The molecule has 4 nitrogen and oxygen atoms in total. The number of nitrogens with two attached hydrogens (primary N) is 1. The zero-order valence-corrected chi connectivity index (χ0v) is 8.92. The fourth-order valence-electron chi connectivity index (χ4n) is 1.60. The number of rotatable bonds is 2. The minimum absolute atomic E-state index is 0.146. The highest BCUT2D eigenvalue weighted by Crippen LogP contribution is 2.25. The van der Waals surface area contributed by atoms with Crippen LogP contribution in [0.2, 0.25) is 0 Å². The number of phenols is 1. The van der Waals surface area contributed by atoms with Gasteiger partial charge in [-0.15, -0.1) is 0 Å². The van der Waals surface area contributed by atoms with Crippen molar-refractivity contribution in [2.75, 3.05) is 5.73 Å². The topological polar surface area (TPSA) is 83.6 Å². The summed E-state index contributed by atoms with van der Waals surface area (Å²) < 4.78 is 0. The van der Waals surface area contributed by atoms with E-state index in [2.05, 4.69) is 0 Å². The average Bonchev–Trinajstić information content (AvgIpc) is 2.29. The predicted octanol–water partition coefficient (Wildman–Crippen LogP) is 2.34. The molecule has 0 fully saturated rings. The third-order valence-corrected chi connectivity index (χ3v) is 2.40. The Morgan fingerprint density at radius 2 is 1.65 bits per heavy atom. The molecule has 0 saturated heterocycles. The van der Waals surface area contributed by atoms with Crippen molar-refractivity contribution >= 4 is 11.7 Å². The molecule has 2 aromatic carbocycles. The van der Waals surface area contributed by atoms with Crippen LogP contribution < -0.4 is 5.73 Å². The summed E-state index contributed by atoms with van der Waals surface area (Å²) >= 11 is 0. The molecule has 0 atom stereocenters. The van der Waals surface area contributed by atoms with Gasteiger partial charge in [0.15, 0.2) is 0 Å². The molecule has 0 radical (unpaired) electrons. The fourth-order valence-corrected chi connectivity index (χ4v) is 1.60. The van der Waals surface area contributed by atoms with Gasteiger partial charge in [0.05, 0.1) is 5.56 Å². The van der Waals surface area contributed by atoms with Crippen LogP contribution in [0.25, 0.3) is 11.1 Å². The van der Waals surface area contributed by atoms with E-state index >= 15 is 0 Å². The highest BCUT2D eigenvalue weighted by atomic mass is 16.4. The number of carboxylic acid groups (broad SMARTS) is 1. The molecule has 0 aliphatic carbocycles. The lowest BCUT2D eigenvalue weighted by molar-refractivity contribution is 0.0697. The number of aromatic hydroxyl groups is 1. The quantitative estimate of drug-likeness (QED) is 0.690. The Morgan fingerprint density at radius 1 is 1.00 bits per heavy atom. The maximum absolute atomic E-state index is 10.9. The van der Waals surface area contributed by atoms with Gasteiger partial charge in [-0.1, -0.05) is 12.1 Å². The fraction of sp³-hybridized carbons (Fsp3) is 0. The van der Waals surface area contributed by atoms with Crippen LogP contribution in [0.15, 0.2) is 42.5 Å². The third-order valence-electron chi connectivity index (χ3n) is 2.40. The van der Waals surface area contributed by atoms with Crippen LogP contribution in [0.1, 0.15) is 10.4 Å². The van der Waals surface area contributed by atoms with E-state index in [1.54, 1.807) is 36.4 Å². The number of phenolic OH excluding ortho intramolecular Hbond substituents is 1. The number of carboxylic acids is 1. The van der Waals surface area contributed by atoms with Crippen molar-refractivity contribution < 1.29 is 15.0 Å². The van der Waals surface area contributed by atoms with Crippen LogP contribution in [-0.4, -0.2) is 16.2 Å². The number of hydrogen-bond acceptors (Lipinski definition) is 3. The van der Waals surface area contributed by atoms with E-state index in [0.29, 0.717) is 11.3 Å². The van der Waals surface area contributed by atoms with Crippen LogP contribution in [0, 0.1) is 0 Å². The Morgan fingerprint density at radius 3 is 2.24 bits per heavy atom. The molecule has 4 heteroatoms. The molecule has 0 bridgehead atoms. The number of aromatic carboxylic acids is 1. The van der Waals surface area contributed by atoms with Crippen LogP contribution in [-0.2, 0) is 0 Å². The predicted molar refractivity (Wildman–Crippen MR) is 64.9 cm³/mol. The van der Waals surface area contributed by atoms with E-state index in [1.165, 1.54) is 6.07 Å². The normalized spacial score (nSPS) is 10.1. The summed E-state index contributed by atoms with van der Waals surface area (Å²) in [5, 5.41) is 18.1. The summed E-state index contributed by atoms with van der Waals surface area (Å²) in [4.78, 5) is 10.9. The van der Waals surface area contributed by atoms with Crippen LogP contribution in [0.5, 0.6) is 5.75 Å². The van der Waals surface area contributed by atoms with Gasteiger partial charge in [0, 0.05) is 5.69 Å². The second-order valence-electron chi connectivity index (χ2n) is 3.70. The minimum atomic E-state index is -1.02. The van der Waals surface area contributed by atoms with Crippen LogP contribution >= 0.6 is 0 Å². The smallest absolute Gasteiger partial charge is 0.335 e. The largest absolute Gasteiger partial charge is 0.508 e. The Labute approximate surface area is 97.9 Å². The van der Waals surface area contributed by atoms with Crippen molar-refractivity contribution in [3.8, 4) is 16.9 Å². The molecule has 0 heterocycles. The van der Waals surface area contributed by atoms with Gasteiger partial charge in [0.2, 0.25) is 0 Å². The molecular weight excluding hydrogens is 218 g/mol. The minimum Gasteiger partial charge on any atom is -0.508 e. The maximum atomic E-state index is 10.9. The Kier molecular flexibility index (Phi) is 2.70. The van der Waals surface area contributed by atoms with Crippen molar-refractivity contribution in [2.45, 2.75) is 0 Å². The van der Waals surface area contributed by atoms with E-state index in [-0.39, 0.29) is 11.3 Å². The second-order valence-corrected chi connectivity index (χ2v) is 3.70. The summed E-state index contributed by atoms with van der Waals surface area (Å²) in [7, 11) is 0. The van der Waals surface area contributed by atoms with E-state index in [9.17, 15) is 9.90 Å². The molecule has 0 amide bonds. The lowest BCUT2D eigenvalue weighted by atomic mass is 10.0. The maximum Gasteiger partial charge on any atom is 0.335 e. The highest BCUT2D eigenvalue weighted by molar-refractivity contribution is 5.91. The first-order valence-corrected chi connectivity index (χ1v) is 4.99. The third kappa shape index (κ3) is 2.36. The van der Waals surface area contributed by atoms with Crippen molar-refractivity contribution in [3.63, 3.8) is 0 Å². The summed E-state index contributed by atoms with van der Waals surface area (Å²) in [6, 6.07) is 11.1. The first-order valence-electron chi connectivity index (χ1n) is 4.99. The number of hydrogen-bond donors (Lipinski definition) is 3. The Balaban J connectivity index is 2.51. The number of anilines is 1. The van der Waals surface area contributed by atoms with Gasteiger partial charge in [0.1, 0.15) is 5.75 Å². The molecule has 0 spiro atoms. The summed E-state index contributed by atoms with van der Waals surface area (Å²) in [6.45, 7) is 0. The van der Waals surface area contributed by atoms with E-state index in [0.717, 1.165) is 5.56 Å². The first-order chi connectivity index (χ1) is 8.06. The van der Waals surface area contributed by atoms with Crippen molar-refractivity contribution in [3.05, 3.63) is 48.0 Å². The molecule has 2 aromatic rings. The molecule has 0 aromatic heterocycles. The van der Waals surface area contributed by atoms with E-state index < -0.39 is 5.97 Å². The summed E-state index contributed by atoms with van der Waals surface area (Å²) in [5.74, 6) is -0.853.